The van der Waals surface area contributed by atoms with Crippen molar-refractivity contribution in [3.05, 3.63) is 24.3 Å². The van der Waals surface area contributed by atoms with Crippen molar-refractivity contribution in [3.8, 4) is 0 Å². The van der Waals surface area contributed by atoms with Gasteiger partial charge in [-0.15, -0.1) is 0 Å². The van der Waals surface area contributed by atoms with E-state index in [2.05, 4.69) is 15.5 Å². The summed E-state index contributed by atoms with van der Waals surface area (Å²) in [7, 11) is -1.18. The number of carbonyl (C=O) groups is 1. The molecule has 9 heteroatoms. The molecule has 0 aliphatic heterocycles. The average Bonchev–Trinajstić information content (AvgIpc) is 2.52. The molecule has 1 rings (SSSR count). The van der Waals surface area contributed by atoms with Gasteiger partial charge < -0.3 is 15.7 Å². The largest absolute Gasteiger partial charge is 0.388 e. The van der Waals surface area contributed by atoms with Gasteiger partial charge in [-0.25, -0.2) is 13.2 Å². The molecular weight excluding hydrogens is 322 g/mol. The minimum Gasteiger partial charge on any atom is -0.388 e. The van der Waals surface area contributed by atoms with Crippen molar-refractivity contribution in [1.29, 1.82) is 0 Å². The van der Waals surface area contributed by atoms with Crippen molar-refractivity contribution in [3.63, 3.8) is 0 Å². The quantitative estimate of drug-likeness (QED) is 0.643. The number of benzene rings is 1. The number of hydroxylamine groups is 1. The summed E-state index contributed by atoms with van der Waals surface area (Å²) in [5.41, 5.74) is -0.544. The Balaban J connectivity index is 2.70. The van der Waals surface area contributed by atoms with Gasteiger partial charge in [-0.2, -0.15) is 0 Å². The Morgan fingerprint density at radius 1 is 1.35 bits per heavy atom. The third-order valence-corrected chi connectivity index (χ3v) is 5.09. The fraction of sp³-hybridized carbons (Fsp3) is 0.500. The number of hydrogen-bond donors (Lipinski definition) is 3. The number of anilines is 1. The average molecular weight is 345 g/mol. The molecule has 0 aliphatic rings. The fourth-order valence-electron chi connectivity index (χ4n) is 1.53. The van der Waals surface area contributed by atoms with Crippen molar-refractivity contribution in [2.75, 3.05) is 26.0 Å². The maximum atomic E-state index is 12.0. The Kier molecular flexibility index (Phi) is 6.51. The van der Waals surface area contributed by atoms with Crippen molar-refractivity contribution >= 4 is 21.7 Å². The van der Waals surface area contributed by atoms with Gasteiger partial charge in [0.2, 0.25) is 0 Å². The first-order valence-corrected chi connectivity index (χ1v) is 8.46. The molecule has 0 bridgehead atoms. The molecule has 0 fully saturated rings. The summed E-state index contributed by atoms with van der Waals surface area (Å²) in [5, 5.41) is 14.9. The lowest BCUT2D eigenvalue weighted by Crippen LogP contribution is -2.41. The lowest BCUT2D eigenvalue weighted by atomic mass is 10.0. The Morgan fingerprint density at radius 3 is 2.39 bits per heavy atom. The SMILES string of the molecule is CC[C@](C)(O)CNC(=O)Nc1ccc(S(=O)(=O)N(C)OC)cc1. The van der Waals surface area contributed by atoms with E-state index in [1.165, 1.54) is 38.4 Å². The van der Waals surface area contributed by atoms with Crippen LogP contribution in [0.1, 0.15) is 20.3 Å². The van der Waals surface area contributed by atoms with Gasteiger partial charge in [0.25, 0.3) is 10.0 Å². The van der Waals surface area contributed by atoms with E-state index in [0.717, 1.165) is 4.47 Å². The van der Waals surface area contributed by atoms with E-state index in [-0.39, 0.29) is 11.4 Å². The van der Waals surface area contributed by atoms with E-state index < -0.39 is 21.7 Å². The Hall–Kier alpha value is -1.68. The van der Waals surface area contributed by atoms with Crippen molar-refractivity contribution < 1.29 is 23.2 Å². The summed E-state index contributed by atoms with van der Waals surface area (Å²) < 4.78 is 24.8. The van der Waals surface area contributed by atoms with Gasteiger partial charge in [-0.05, 0) is 37.6 Å². The molecule has 3 N–H and O–H groups in total. The number of sulfonamides is 1. The molecular formula is C14H23N3O5S. The lowest BCUT2D eigenvalue weighted by Gasteiger charge is -2.21. The van der Waals surface area contributed by atoms with Crippen molar-refractivity contribution in [2.45, 2.75) is 30.8 Å². The van der Waals surface area contributed by atoms with Crippen LogP contribution >= 0.6 is 0 Å². The number of urea groups is 1. The Bertz CT molecular complexity index is 628. The highest BCUT2D eigenvalue weighted by atomic mass is 32.2. The van der Waals surface area contributed by atoms with Gasteiger partial charge in [-0.1, -0.05) is 11.4 Å². The molecule has 0 saturated heterocycles. The highest BCUT2D eigenvalue weighted by molar-refractivity contribution is 7.89. The van der Waals surface area contributed by atoms with E-state index in [1.54, 1.807) is 6.92 Å². The van der Waals surface area contributed by atoms with Crippen LogP contribution in [0.5, 0.6) is 0 Å². The van der Waals surface area contributed by atoms with Crippen LogP contribution in [0.25, 0.3) is 0 Å². The van der Waals surface area contributed by atoms with Crippen molar-refractivity contribution in [2.24, 2.45) is 0 Å². The molecule has 23 heavy (non-hydrogen) atoms. The normalized spacial score (nSPS) is 14.3. The topological polar surface area (TPSA) is 108 Å². The second-order valence-electron chi connectivity index (χ2n) is 5.28. The zero-order chi connectivity index (χ0) is 17.7. The van der Waals surface area contributed by atoms with Crippen LogP contribution in [-0.2, 0) is 14.9 Å². The number of amides is 2. The smallest absolute Gasteiger partial charge is 0.319 e. The van der Waals surface area contributed by atoms with E-state index in [9.17, 15) is 18.3 Å². The van der Waals surface area contributed by atoms with E-state index in [4.69, 9.17) is 0 Å². The summed E-state index contributed by atoms with van der Waals surface area (Å²) in [5.74, 6) is 0. The third-order valence-electron chi connectivity index (χ3n) is 3.40. The molecule has 1 aromatic carbocycles. The monoisotopic (exact) mass is 345 g/mol. The number of nitrogens with zero attached hydrogens (tertiary/aromatic N) is 1. The maximum absolute atomic E-state index is 12.0. The standard InChI is InChI=1S/C14H23N3O5S/c1-5-14(2,19)10-15-13(18)16-11-6-8-12(9-7-11)23(20,21)17(3)22-4/h6-9,19H,5,10H2,1-4H3,(H2,15,16,18)/t14-/m0/s1. The molecule has 130 valence electrons. The molecule has 1 atom stereocenters. The minimum absolute atomic E-state index is 0.0433. The Morgan fingerprint density at radius 2 is 1.91 bits per heavy atom. The molecule has 1 aromatic rings. The zero-order valence-electron chi connectivity index (χ0n) is 13.7. The van der Waals surface area contributed by atoms with Crippen LogP contribution in [0.3, 0.4) is 0 Å². The maximum Gasteiger partial charge on any atom is 0.319 e. The minimum atomic E-state index is -3.72. The molecule has 0 saturated carbocycles. The van der Waals surface area contributed by atoms with Gasteiger partial charge in [0.15, 0.2) is 0 Å². The van der Waals surface area contributed by atoms with Crippen molar-refractivity contribution in [1.82, 2.24) is 9.79 Å². The molecule has 0 radical (unpaired) electrons. The second-order valence-corrected chi connectivity index (χ2v) is 7.22. The van der Waals surface area contributed by atoms with Crippen LogP contribution in [0.2, 0.25) is 0 Å². The van der Waals surface area contributed by atoms with Gasteiger partial charge in [-0.3, -0.25) is 4.84 Å². The molecule has 0 aliphatic carbocycles. The van der Waals surface area contributed by atoms with Gasteiger partial charge in [0.05, 0.1) is 17.6 Å². The van der Waals surface area contributed by atoms with Crippen LogP contribution in [0.15, 0.2) is 29.2 Å². The first-order valence-electron chi connectivity index (χ1n) is 7.02. The predicted octanol–water partition coefficient (Wildman–Crippen LogP) is 1.15. The summed E-state index contributed by atoms with van der Waals surface area (Å²) in [6.45, 7) is 3.55. The fourth-order valence-corrected chi connectivity index (χ4v) is 2.50. The van der Waals surface area contributed by atoms with Crippen LogP contribution < -0.4 is 10.6 Å². The summed E-state index contributed by atoms with van der Waals surface area (Å²) in [4.78, 5) is 16.5. The summed E-state index contributed by atoms with van der Waals surface area (Å²) >= 11 is 0. The predicted molar refractivity (Wildman–Crippen MR) is 86.3 cm³/mol. The van der Waals surface area contributed by atoms with E-state index >= 15 is 0 Å². The van der Waals surface area contributed by atoms with Crippen LogP contribution in [-0.4, -0.2) is 50.3 Å². The molecule has 0 spiro atoms. The van der Waals surface area contributed by atoms with E-state index in [1.807, 2.05) is 6.92 Å². The van der Waals surface area contributed by atoms with Gasteiger partial charge in [0.1, 0.15) is 0 Å². The first kappa shape index (κ1) is 19.4. The third kappa shape index (κ3) is 5.47. The first-order chi connectivity index (χ1) is 10.6. The second kappa shape index (κ2) is 7.73. The summed E-state index contributed by atoms with van der Waals surface area (Å²) in [6, 6.07) is 5.18. The van der Waals surface area contributed by atoms with E-state index in [0.29, 0.717) is 12.1 Å². The molecule has 0 aromatic heterocycles. The number of hydrogen-bond acceptors (Lipinski definition) is 5. The zero-order valence-corrected chi connectivity index (χ0v) is 14.5. The van der Waals surface area contributed by atoms with Gasteiger partial charge >= 0.3 is 6.03 Å². The highest BCUT2D eigenvalue weighted by Gasteiger charge is 2.21. The number of nitrogens with one attached hydrogen (secondary N) is 2. The molecule has 0 unspecified atom stereocenters. The number of aliphatic hydroxyl groups is 1. The number of carbonyl (C=O) groups excluding carboxylic acids is 1. The molecule has 0 heterocycles. The van der Waals surface area contributed by atoms with Crippen LogP contribution in [0, 0.1) is 0 Å². The lowest BCUT2D eigenvalue weighted by molar-refractivity contribution is -0.0258. The highest BCUT2D eigenvalue weighted by Crippen LogP contribution is 2.17. The number of rotatable bonds is 7. The van der Waals surface area contributed by atoms with Crippen LogP contribution in [0.4, 0.5) is 10.5 Å². The van der Waals surface area contributed by atoms with Gasteiger partial charge in [0, 0.05) is 19.3 Å². The summed E-state index contributed by atoms with van der Waals surface area (Å²) in [6.07, 6.45) is 0.507. The Labute approximate surface area is 136 Å². The molecule has 2 amide bonds. The molecule has 8 nitrogen and oxygen atoms in total.